The van der Waals surface area contributed by atoms with Crippen LogP contribution in [0.5, 0.6) is 0 Å². The Morgan fingerprint density at radius 2 is 1.92 bits per heavy atom. The van der Waals surface area contributed by atoms with Gasteiger partial charge in [0.1, 0.15) is 6.10 Å². The number of halogens is 3. The monoisotopic (exact) mass is 532 g/mol. The molecule has 9 nitrogen and oxygen atoms in total. The van der Waals surface area contributed by atoms with E-state index >= 15 is 0 Å². The third-order valence-corrected chi connectivity index (χ3v) is 7.94. The molecular weight excluding hydrogens is 501 g/mol. The van der Waals surface area contributed by atoms with Crippen LogP contribution in [0.1, 0.15) is 42.6 Å². The maximum atomic E-state index is 14.4. The second kappa shape index (κ2) is 9.57. The van der Waals surface area contributed by atoms with Crippen molar-refractivity contribution in [1.82, 2.24) is 24.5 Å². The van der Waals surface area contributed by atoms with Gasteiger partial charge in [-0.15, -0.1) is 0 Å². The Kier molecular flexibility index (Phi) is 6.34. The van der Waals surface area contributed by atoms with Gasteiger partial charge < -0.3 is 19.3 Å². The van der Waals surface area contributed by atoms with E-state index in [1.165, 1.54) is 17.0 Å². The first-order chi connectivity index (χ1) is 18.2. The number of ether oxygens (including phenoxy) is 2. The number of aromatic nitrogens is 4. The number of hydrogen-bond acceptors (Lipinski definition) is 6. The van der Waals surface area contributed by atoms with Crippen molar-refractivity contribution >= 4 is 17.3 Å². The van der Waals surface area contributed by atoms with Gasteiger partial charge in [0.05, 0.1) is 37.0 Å². The molecule has 1 amide bonds. The highest BCUT2D eigenvalue weighted by Crippen LogP contribution is 2.43. The molecule has 0 bridgehead atoms. The maximum Gasteiger partial charge on any atom is 0.416 e. The van der Waals surface area contributed by atoms with Crippen LogP contribution in [0.25, 0.3) is 5.57 Å². The fourth-order valence-corrected chi connectivity index (χ4v) is 6.02. The number of anilines is 1. The lowest BCUT2D eigenvalue weighted by Crippen LogP contribution is -2.52. The van der Waals surface area contributed by atoms with Crippen LogP contribution in [0.2, 0.25) is 0 Å². The first-order valence-electron chi connectivity index (χ1n) is 13.0. The Hall–Kier alpha value is -3.12. The zero-order valence-corrected chi connectivity index (χ0v) is 21.4. The summed E-state index contributed by atoms with van der Waals surface area (Å²) in [6, 6.07) is -0.521. The normalized spacial score (nSPS) is 24.6. The smallest absolute Gasteiger partial charge is 0.381 e. The fourth-order valence-electron chi connectivity index (χ4n) is 6.02. The molecule has 2 aromatic rings. The van der Waals surface area contributed by atoms with E-state index in [4.69, 9.17) is 14.6 Å². The molecule has 4 aliphatic rings. The van der Waals surface area contributed by atoms with E-state index in [0.29, 0.717) is 57.3 Å². The average molecular weight is 533 g/mol. The molecule has 2 unspecified atom stereocenters. The molecule has 2 aromatic heterocycles. The number of morpholine rings is 1. The van der Waals surface area contributed by atoms with E-state index in [2.05, 4.69) is 9.78 Å². The predicted molar refractivity (Wildman–Crippen MR) is 132 cm³/mol. The first kappa shape index (κ1) is 25.2. The molecule has 38 heavy (non-hydrogen) atoms. The van der Waals surface area contributed by atoms with Crippen LogP contribution in [0, 0.1) is 0 Å². The number of aryl methyl sites for hydroxylation is 1. The summed E-state index contributed by atoms with van der Waals surface area (Å²) in [6.45, 7) is 4.58. The lowest BCUT2D eigenvalue weighted by atomic mass is 9.87. The third-order valence-electron chi connectivity index (χ3n) is 7.94. The van der Waals surface area contributed by atoms with Gasteiger partial charge in [-0.1, -0.05) is 0 Å². The van der Waals surface area contributed by atoms with Crippen LogP contribution in [-0.4, -0.2) is 81.6 Å². The Morgan fingerprint density at radius 1 is 1.13 bits per heavy atom. The summed E-state index contributed by atoms with van der Waals surface area (Å²) < 4.78 is 58.2. The molecule has 0 N–H and O–H groups in total. The van der Waals surface area contributed by atoms with Crippen LogP contribution in [0.4, 0.5) is 19.0 Å². The molecule has 2 saturated heterocycles. The number of carbonyl (C=O) groups is 1. The minimum Gasteiger partial charge on any atom is -0.381 e. The van der Waals surface area contributed by atoms with Crippen LogP contribution in [-0.2, 0) is 34.3 Å². The van der Waals surface area contributed by atoms with E-state index in [0.717, 1.165) is 24.1 Å². The number of nitrogens with zero attached hydrogens (tertiary/aromatic N) is 6. The number of alkyl halides is 3. The first-order valence-corrected chi connectivity index (χ1v) is 13.0. The van der Waals surface area contributed by atoms with Gasteiger partial charge in [-0.3, -0.25) is 14.2 Å². The lowest BCUT2D eigenvalue weighted by molar-refractivity contribution is -0.129. The Balaban J connectivity index is 1.42. The minimum absolute atomic E-state index is 0.0266. The fraction of sp³-hybridized carbons (Fsp3) is 0.577. The minimum atomic E-state index is -4.55. The number of hydrogen-bond donors (Lipinski definition) is 0. The molecule has 3 aliphatic heterocycles. The second-order valence-corrected chi connectivity index (χ2v) is 10.3. The highest BCUT2D eigenvalue weighted by Gasteiger charge is 2.45. The van der Waals surface area contributed by atoms with Crippen LogP contribution < -0.4 is 4.90 Å². The van der Waals surface area contributed by atoms with Crippen molar-refractivity contribution in [3.05, 3.63) is 46.9 Å². The molecule has 0 spiro atoms. The van der Waals surface area contributed by atoms with Crippen molar-refractivity contribution in [2.45, 2.75) is 57.1 Å². The van der Waals surface area contributed by atoms with Crippen molar-refractivity contribution in [2.24, 2.45) is 7.05 Å². The summed E-state index contributed by atoms with van der Waals surface area (Å²) in [5.74, 6) is 0.619. The van der Waals surface area contributed by atoms with Gasteiger partial charge in [0.15, 0.2) is 5.82 Å². The van der Waals surface area contributed by atoms with Crippen LogP contribution in [0.3, 0.4) is 0 Å². The van der Waals surface area contributed by atoms with E-state index < -0.39 is 23.9 Å². The summed E-state index contributed by atoms with van der Waals surface area (Å²) in [6.07, 6.45) is 3.04. The molecule has 12 heteroatoms. The number of rotatable bonds is 3. The van der Waals surface area contributed by atoms with Crippen LogP contribution >= 0.6 is 0 Å². The van der Waals surface area contributed by atoms with Gasteiger partial charge >= 0.3 is 6.18 Å². The molecular formula is C26H31F3N6O3. The number of carbonyl (C=O) groups excluding carboxylic acids is 1. The van der Waals surface area contributed by atoms with Crippen LogP contribution in [0.15, 0.2) is 30.1 Å². The summed E-state index contributed by atoms with van der Waals surface area (Å²) >= 11 is 0. The molecule has 6 rings (SSSR count). The Bertz CT molecular complexity index is 1290. The summed E-state index contributed by atoms with van der Waals surface area (Å²) in [4.78, 5) is 16.0. The molecule has 5 heterocycles. The molecule has 204 valence electrons. The summed E-state index contributed by atoms with van der Waals surface area (Å²) in [5, 5.41) is 9.11. The Labute approximate surface area is 218 Å². The largest absolute Gasteiger partial charge is 0.416 e. The van der Waals surface area contributed by atoms with Gasteiger partial charge in [0, 0.05) is 69.7 Å². The van der Waals surface area contributed by atoms with Crippen molar-refractivity contribution < 1.29 is 27.4 Å². The molecule has 2 fully saturated rings. The quantitative estimate of drug-likeness (QED) is 0.605. The average Bonchev–Trinajstić information content (AvgIpc) is 3.51. The SMILES string of the molecule is CC(=O)N1CCc2c(c(N3CCOC4C=C(c5cnn(C)c5)C(C(F)(F)F)=CC43)nn2C2CCOCC2)C1. The van der Waals surface area contributed by atoms with Crippen molar-refractivity contribution in [3.63, 3.8) is 0 Å². The topological polar surface area (TPSA) is 77.7 Å². The zero-order chi connectivity index (χ0) is 26.6. The Morgan fingerprint density at radius 3 is 2.61 bits per heavy atom. The van der Waals surface area contributed by atoms with E-state index in [-0.39, 0.29) is 17.5 Å². The summed E-state index contributed by atoms with van der Waals surface area (Å²) in [7, 11) is 1.67. The van der Waals surface area contributed by atoms with Crippen molar-refractivity contribution in [3.8, 4) is 0 Å². The van der Waals surface area contributed by atoms with E-state index in [9.17, 15) is 18.0 Å². The number of fused-ring (bicyclic) bond motifs is 2. The molecule has 0 radical (unpaired) electrons. The summed E-state index contributed by atoms with van der Waals surface area (Å²) in [5.41, 5.74) is 1.75. The van der Waals surface area contributed by atoms with Gasteiger partial charge in [0.2, 0.25) is 5.91 Å². The van der Waals surface area contributed by atoms with Crippen molar-refractivity contribution in [2.75, 3.05) is 37.8 Å². The highest BCUT2D eigenvalue weighted by atomic mass is 19.4. The van der Waals surface area contributed by atoms with Crippen molar-refractivity contribution in [1.29, 1.82) is 0 Å². The predicted octanol–water partition coefficient (Wildman–Crippen LogP) is 3.03. The zero-order valence-electron chi connectivity index (χ0n) is 21.4. The highest BCUT2D eigenvalue weighted by molar-refractivity contribution is 5.82. The molecule has 1 aliphatic carbocycles. The van der Waals surface area contributed by atoms with Gasteiger partial charge in [-0.05, 0) is 30.6 Å². The second-order valence-electron chi connectivity index (χ2n) is 10.3. The maximum absolute atomic E-state index is 14.4. The number of allylic oxidation sites excluding steroid dienone is 2. The van der Waals surface area contributed by atoms with Gasteiger partial charge in [0.25, 0.3) is 0 Å². The molecule has 0 saturated carbocycles. The van der Waals surface area contributed by atoms with Gasteiger partial charge in [-0.25, -0.2) is 0 Å². The number of amides is 1. The van der Waals surface area contributed by atoms with Gasteiger partial charge in [-0.2, -0.15) is 23.4 Å². The van der Waals surface area contributed by atoms with E-state index in [1.807, 2.05) is 4.90 Å². The lowest BCUT2D eigenvalue weighted by Gasteiger charge is -2.42. The molecule has 0 aromatic carbocycles. The molecule has 2 atom stereocenters. The van der Waals surface area contributed by atoms with E-state index in [1.54, 1.807) is 31.1 Å². The standard InChI is InChI=1S/C26H31F3N6O3/c1-16(36)33-6-3-22-20(15-33)25(31-35(22)18-4-8-37-9-5-18)34-7-10-38-24-11-19(17-13-30-32(2)14-17)21(12-23(24)34)26(27,28)29/h11-14,18,23-24H,3-10,15H2,1-2H3. The third kappa shape index (κ3) is 4.43.